The van der Waals surface area contributed by atoms with Crippen molar-refractivity contribution in [3.05, 3.63) is 29.8 Å². The maximum Gasteiger partial charge on any atom is 0.227 e. The summed E-state index contributed by atoms with van der Waals surface area (Å²) in [6.45, 7) is 7.35. The first-order valence-electron chi connectivity index (χ1n) is 7.25. The van der Waals surface area contributed by atoms with E-state index >= 15 is 0 Å². The van der Waals surface area contributed by atoms with E-state index in [0.717, 1.165) is 24.2 Å². The van der Waals surface area contributed by atoms with Crippen LogP contribution in [-0.2, 0) is 4.79 Å². The third-order valence-electron chi connectivity index (χ3n) is 3.87. The van der Waals surface area contributed by atoms with E-state index < -0.39 is 5.41 Å². The zero-order valence-electron chi connectivity index (χ0n) is 12.7. The SMILES string of the molecule is CCC(CC)(CN)C(=O)NCCOc1cccc(C)c1. The number of carbonyl (C=O) groups excluding carboxylic acids is 1. The van der Waals surface area contributed by atoms with Crippen LogP contribution in [0.15, 0.2) is 24.3 Å². The van der Waals surface area contributed by atoms with Crippen molar-refractivity contribution >= 4 is 5.91 Å². The average Bonchev–Trinajstić information content (AvgIpc) is 2.46. The van der Waals surface area contributed by atoms with Gasteiger partial charge in [0.2, 0.25) is 5.91 Å². The third-order valence-corrected chi connectivity index (χ3v) is 3.87. The molecule has 1 aromatic rings. The molecule has 0 saturated carbocycles. The van der Waals surface area contributed by atoms with E-state index in [1.54, 1.807) is 0 Å². The monoisotopic (exact) mass is 278 g/mol. The lowest BCUT2D eigenvalue weighted by atomic mass is 9.81. The Morgan fingerprint density at radius 2 is 2.05 bits per heavy atom. The van der Waals surface area contributed by atoms with Crippen LogP contribution < -0.4 is 15.8 Å². The average molecular weight is 278 g/mol. The highest BCUT2D eigenvalue weighted by atomic mass is 16.5. The molecular weight excluding hydrogens is 252 g/mol. The molecule has 0 radical (unpaired) electrons. The van der Waals surface area contributed by atoms with Crippen molar-refractivity contribution in [1.82, 2.24) is 5.32 Å². The second-order valence-corrected chi connectivity index (χ2v) is 5.11. The summed E-state index contributed by atoms with van der Waals surface area (Å²) in [6, 6.07) is 7.87. The molecule has 112 valence electrons. The van der Waals surface area contributed by atoms with Crippen LogP contribution in [0.2, 0.25) is 0 Å². The molecule has 4 nitrogen and oxygen atoms in total. The second kappa shape index (κ2) is 7.90. The third kappa shape index (κ3) is 4.23. The van der Waals surface area contributed by atoms with Crippen molar-refractivity contribution in [2.45, 2.75) is 33.6 Å². The Hall–Kier alpha value is -1.55. The van der Waals surface area contributed by atoms with Gasteiger partial charge in [-0.05, 0) is 37.5 Å². The number of rotatable bonds is 8. The van der Waals surface area contributed by atoms with Crippen molar-refractivity contribution in [1.29, 1.82) is 0 Å². The molecule has 0 bridgehead atoms. The summed E-state index contributed by atoms with van der Waals surface area (Å²) in [4.78, 5) is 12.2. The molecule has 0 atom stereocenters. The Labute approximate surface area is 121 Å². The van der Waals surface area contributed by atoms with Gasteiger partial charge in [-0.1, -0.05) is 26.0 Å². The lowest BCUT2D eigenvalue weighted by Gasteiger charge is -2.28. The van der Waals surface area contributed by atoms with Gasteiger partial charge >= 0.3 is 0 Å². The molecule has 0 aliphatic carbocycles. The maximum atomic E-state index is 12.2. The van der Waals surface area contributed by atoms with E-state index in [-0.39, 0.29) is 5.91 Å². The van der Waals surface area contributed by atoms with Crippen LogP contribution in [0.1, 0.15) is 32.3 Å². The molecule has 0 aliphatic heterocycles. The van der Waals surface area contributed by atoms with Crippen LogP contribution in [-0.4, -0.2) is 25.6 Å². The fourth-order valence-electron chi connectivity index (χ4n) is 2.18. The normalized spacial score (nSPS) is 11.2. The van der Waals surface area contributed by atoms with Crippen molar-refractivity contribution < 1.29 is 9.53 Å². The van der Waals surface area contributed by atoms with Gasteiger partial charge in [0.1, 0.15) is 12.4 Å². The first kappa shape index (κ1) is 16.5. The lowest BCUT2D eigenvalue weighted by Crippen LogP contribution is -2.46. The van der Waals surface area contributed by atoms with E-state index in [0.29, 0.717) is 19.7 Å². The molecule has 0 aliphatic rings. The predicted molar refractivity (Wildman–Crippen MR) is 81.8 cm³/mol. The van der Waals surface area contributed by atoms with Gasteiger partial charge in [0.15, 0.2) is 0 Å². The maximum absolute atomic E-state index is 12.2. The number of nitrogens with two attached hydrogens (primary N) is 1. The molecule has 0 fully saturated rings. The largest absolute Gasteiger partial charge is 0.492 e. The van der Waals surface area contributed by atoms with Crippen LogP contribution in [0.3, 0.4) is 0 Å². The number of hydrogen-bond acceptors (Lipinski definition) is 3. The number of ether oxygens (including phenoxy) is 1. The summed E-state index contributed by atoms with van der Waals surface area (Å²) in [5.74, 6) is 0.855. The summed E-state index contributed by atoms with van der Waals surface area (Å²) < 4.78 is 5.60. The van der Waals surface area contributed by atoms with Gasteiger partial charge in [-0.2, -0.15) is 0 Å². The highest BCUT2D eigenvalue weighted by Crippen LogP contribution is 2.24. The van der Waals surface area contributed by atoms with E-state index in [1.807, 2.05) is 45.0 Å². The molecule has 4 heteroatoms. The van der Waals surface area contributed by atoms with E-state index in [9.17, 15) is 4.79 Å². The number of aryl methyl sites for hydroxylation is 1. The molecule has 0 heterocycles. The van der Waals surface area contributed by atoms with Gasteiger partial charge in [-0.15, -0.1) is 0 Å². The van der Waals surface area contributed by atoms with Crippen LogP contribution in [0.4, 0.5) is 0 Å². The highest BCUT2D eigenvalue weighted by Gasteiger charge is 2.32. The number of carbonyl (C=O) groups is 1. The van der Waals surface area contributed by atoms with Gasteiger partial charge in [0.05, 0.1) is 12.0 Å². The molecule has 3 N–H and O–H groups in total. The van der Waals surface area contributed by atoms with Crippen LogP contribution in [0, 0.1) is 12.3 Å². The Morgan fingerprint density at radius 3 is 2.60 bits per heavy atom. The van der Waals surface area contributed by atoms with Gasteiger partial charge in [-0.3, -0.25) is 4.79 Å². The zero-order chi connectivity index (χ0) is 15.0. The number of hydrogen-bond donors (Lipinski definition) is 2. The molecule has 1 aromatic carbocycles. The van der Waals surface area contributed by atoms with Gasteiger partial charge in [-0.25, -0.2) is 0 Å². The van der Waals surface area contributed by atoms with Crippen LogP contribution in [0.5, 0.6) is 5.75 Å². The highest BCUT2D eigenvalue weighted by molar-refractivity contribution is 5.82. The topological polar surface area (TPSA) is 64.4 Å². The van der Waals surface area contributed by atoms with Crippen LogP contribution in [0.25, 0.3) is 0 Å². The summed E-state index contributed by atoms with van der Waals surface area (Å²) in [5.41, 5.74) is 6.47. The minimum Gasteiger partial charge on any atom is -0.492 e. The molecule has 0 unspecified atom stereocenters. The summed E-state index contributed by atoms with van der Waals surface area (Å²) in [7, 11) is 0. The Balaban J connectivity index is 2.39. The van der Waals surface area contributed by atoms with E-state index in [1.165, 1.54) is 0 Å². The molecule has 0 spiro atoms. The minimum absolute atomic E-state index is 0.0258. The smallest absolute Gasteiger partial charge is 0.227 e. The fourth-order valence-corrected chi connectivity index (χ4v) is 2.18. The number of amides is 1. The van der Waals surface area contributed by atoms with E-state index in [4.69, 9.17) is 10.5 Å². The zero-order valence-corrected chi connectivity index (χ0v) is 12.7. The first-order chi connectivity index (χ1) is 9.57. The molecule has 1 amide bonds. The lowest BCUT2D eigenvalue weighted by molar-refractivity contribution is -0.131. The quantitative estimate of drug-likeness (QED) is 0.717. The summed E-state index contributed by atoms with van der Waals surface area (Å²) in [6.07, 6.45) is 1.51. The second-order valence-electron chi connectivity index (χ2n) is 5.11. The van der Waals surface area contributed by atoms with Gasteiger partial charge in [0.25, 0.3) is 0 Å². The predicted octanol–water partition coefficient (Wildman–Crippen LogP) is 2.26. The standard InChI is InChI=1S/C16H26N2O2/c1-4-16(5-2,12-17)15(19)18-9-10-20-14-8-6-7-13(3)11-14/h6-8,11H,4-5,9-10,12,17H2,1-3H3,(H,18,19). The molecule has 1 rings (SSSR count). The Kier molecular flexibility index (Phi) is 6.52. The molecule has 0 aromatic heterocycles. The molecule has 20 heavy (non-hydrogen) atoms. The van der Waals surface area contributed by atoms with Crippen LogP contribution >= 0.6 is 0 Å². The fraction of sp³-hybridized carbons (Fsp3) is 0.562. The first-order valence-corrected chi connectivity index (χ1v) is 7.25. The molecule has 0 saturated heterocycles. The number of nitrogens with one attached hydrogen (secondary N) is 1. The van der Waals surface area contributed by atoms with Crippen molar-refractivity contribution in [3.63, 3.8) is 0 Å². The van der Waals surface area contributed by atoms with Gasteiger partial charge < -0.3 is 15.8 Å². The van der Waals surface area contributed by atoms with Gasteiger partial charge in [0, 0.05) is 6.54 Å². The molecular formula is C16H26N2O2. The minimum atomic E-state index is -0.441. The van der Waals surface area contributed by atoms with E-state index in [2.05, 4.69) is 5.32 Å². The van der Waals surface area contributed by atoms with Crippen molar-refractivity contribution in [3.8, 4) is 5.75 Å². The van der Waals surface area contributed by atoms with Crippen molar-refractivity contribution in [2.24, 2.45) is 11.1 Å². The summed E-state index contributed by atoms with van der Waals surface area (Å²) >= 11 is 0. The summed E-state index contributed by atoms with van der Waals surface area (Å²) in [5, 5.41) is 2.92. The Bertz CT molecular complexity index is 420. The number of benzene rings is 1. The Morgan fingerprint density at radius 1 is 1.35 bits per heavy atom. The van der Waals surface area contributed by atoms with Crippen molar-refractivity contribution in [2.75, 3.05) is 19.7 Å².